The van der Waals surface area contributed by atoms with Gasteiger partial charge in [-0.25, -0.2) is 0 Å². The number of amides is 1. The second-order valence-electron chi connectivity index (χ2n) is 6.46. The van der Waals surface area contributed by atoms with Gasteiger partial charge >= 0.3 is 0 Å². The van der Waals surface area contributed by atoms with Crippen LogP contribution < -0.4 is 22.1 Å². The molecule has 0 saturated carbocycles. The van der Waals surface area contributed by atoms with Crippen molar-refractivity contribution in [1.82, 2.24) is 10.2 Å². The molecule has 4 aromatic rings. The van der Waals surface area contributed by atoms with Crippen LogP contribution in [0.5, 0.6) is 0 Å². The van der Waals surface area contributed by atoms with Crippen molar-refractivity contribution in [2.45, 2.75) is 0 Å². The molecule has 0 aliphatic rings. The standard InChI is InChI=1S/C22H19N7OS/c23-20(30)15-12-13-31-21(15)25-17-8-4-5-9-18(17)26-22(24)27-19-11-10-16(28-29-19)14-6-2-1-3-7-14/h1-13,25H,(H2,23,30)(H3,24,26,27,29). The zero-order chi connectivity index (χ0) is 21.6. The molecule has 0 aliphatic carbocycles. The number of thiophene rings is 1. The molecule has 2 aromatic heterocycles. The number of benzene rings is 2. The summed E-state index contributed by atoms with van der Waals surface area (Å²) in [6.07, 6.45) is 0. The van der Waals surface area contributed by atoms with E-state index in [0.29, 0.717) is 22.1 Å². The van der Waals surface area contributed by atoms with E-state index in [0.717, 1.165) is 16.9 Å². The van der Waals surface area contributed by atoms with Gasteiger partial charge in [-0.15, -0.1) is 21.5 Å². The van der Waals surface area contributed by atoms with E-state index in [9.17, 15) is 4.79 Å². The van der Waals surface area contributed by atoms with Crippen molar-refractivity contribution in [1.29, 1.82) is 0 Å². The molecule has 0 saturated heterocycles. The predicted molar refractivity (Wildman–Crippen MR) is 125 cm³/mol. The lowest BCUT2D eigenvalue weighted by Crippen LogP contribution is -2.22. The van der Waals surface area contributed by atoms with E-state index in [1.54, 1.807) is 17.5 Å². The first-order chi connectivity index (χ1) is 15.1. The second-order valence-corrected chi connectivity index (χ2v) is 7.38. The number of para-hydroxylation sites is 2. The van der Waals surface area contributed by atoms with Crippen molar-refractivity contribution in [3.63, 3.8) is 0 Å². The number of carbonyl (C=O) groups excluding carboxylic acids is 1. The highest BCUT2D eigenvalue weighted by molar-refractivity contribution is 7.14. The predicted octanol–water partition coefficient (Wildman–Crippen LogP) is 4.11. The van der Waals surface area contributed by atoms with Crippen molar-refractivity contribution in [3.05, 3.63) is 83.7 Å². The van der Waals surface area contributed by atoms with Crippen molar-refractivity contribution in [2.75, 3.05) is 10.6 Å². The Morgan fingerprint density at radius 2 is 1.61 bits per heavy atom. The van der Waals surface area contributed by atoms with Gasteiger partial charge in [0.05, 0.1) is 22.6 Å². The third kappa shape index (κ3) is 4.85. The Morgan fingerprint density at radius 3 is 2.32 bits per heavy atom. The molecular weight excluding hydrogens is 410 g/mol. The molecule has 9 heteroatoms. The number of hydrogen-bond donors (Lipinski definition) is 4. The smallest absolute Gasteiger partial charge is 0.251 e. The molecule has 31 heavy (non-hydrogen) atoms. The molecule has 0 fully saturated rings. The normalized spacial score (nSPS) is 11.2. The molecular formula is C22H19N7OS. The van der Waals surface area contributed by atoms with Crippen LogP contribution in [-0.4, -0.2) is 22.1 Å². The highest BCUT2D eigenvalue weighted by Gasteiger charge is 2.12. The number of nitrogens with two attached hydrogens (primary N) is 2. The van der Waals surface area contributed by atoms with Gasteiger partial charge in [-0.3, -0.25) is 4.79 Å². The van der Waals surface area contributed by atoms with Crippen LogP contribution >= 0.6 is 11.3 Å². The molecule has 0 aliphatic heterocycles. The van der Waals surface area contributed by atoms with E-state index >= 15 is 0 Å². The Kier molecular flexibility index (Phi) is 5.86. The van der Waals surface area contributed by atoms with Crippen LogP contribution in [-0.2, 0) is 0 Å². The van der Waals surface area contributed by atoms with E-state index in [1.165, 1.54) is 11.3 Å². The van der Waals surface area contributed by atoms with Gasteiger partial charge in [0, 0.05) is 5.56 Å². The average molecular weight is 430 g/mol. The summed E-state index contributed by atoms with van der Waals surface area (Å²) in [5.74, 6) is 0.0366. The zero-order valence-corrected chi connectivity index (χ0v) is 17.1. The van der Waals surface area contributed by atoms with Gasteiger partial charge in [-0.1, -0.05) is 42.5 Å². The number of guanidine groups is 1. The summed E-state index contributed by atoms with van der Waals surface area (Å²) in [6, 6.07) is 22.4. The summed E-state index contributed by atoms with van der Waals surface area (Å²) in [4.78, 5) is 15.9. The average Bonchev–Trinajstić information content (AvgIpc) is 3.25. The minimum atomic E-state index is -0.493. The Bertz CT molecular complexity index is 1220. The van der Waals surface area contributed by atoms with Crippen LogP contribution in [0.3, 0.4) is 0 Å². The van der Waals surface area contributed by atoms with Crippen LogP contribution in [0.1, 0.15) is 10.4 Å². The van der Waals surface area contributed by atoms with Gasteiger partial charge in [0.15, 0.2) is 11.8 Å². The van der Waals surface area contributed by atoms with Crippen LogP contribution in [0.2, 0.25) is 0 Å². The van der Waals surface area contributed by atoms with Crippen LogP contribution in [0.4, 0.5) is 22.2 Å². The van der Waals surface area contributed by atoms with E-state index < -0.39 is 5.91 Å². The third-order valence-electron chi connectivity index (χ3n) is 4.32. The molecule has 2 heterocycles. The Balaban J connectivity index is 1.51. The fourth-order valence-corrected chi connectivity index (χ4v) is 3.67. The van der Waals surface area contributed by atoms with E-state index in [-0.39, 0.29) is 5.96 Å². The van der Waals surface area contributed by atoms with Crippen LogP contribution in [0, 0.1) is 0 Å². The number of hydrogen-bond acceptors (Lipinski definition) is 6. The monoisotopic (exact) mass is 429 g/mol. The molecule has 8 nitrogen and oxygen atoms in total. The molecule has 2 aromatic carbocycles. The zero-order valence-electron chi connectivity index (χ0n) is 16.3. The molecule has 6 N–H and O–H groups in total. The van der Waals surface area contributed by atoms with E-state index in [4.69, 9.17) is 11.5 Å². The second kappa shape index (κ2) is 9.06. The van der Waals surface area contributed by atoms with Crippen LogP contribution in [0.15, 0.2) is 83.2 Å². The molecule has 0 spiro atoms. The fourth-order valence-electron chi connectivity index (χ4n) is 2.86. The number of aliphatic imine (C=N–C) groups is 1. The van der Waals surface area contributed by atoms with Gasteiger partial charge in [0.2, 0.25) is 0 Å². The Hall–Kier alpha value is -4.24. The highest BCUT2D eigenvalue weighted by Crippen LogP contribution is 2.31. The SMILES string of the molecule is NC(=O)c1ccsc1Nc1ccccc1NC(N)=Nc1ccc(-c2ccccc2)nn1. The molecule has 0 radical (unpaired) electrons. The number of primary amides is 1. The van der Waals surface area contributed by atoms with Crippen molar-refractivity contribution >= 4 is 45.4 Å². The van der Waals surface area contributed by atoms with Gasteiger partial charge in [0.25, 0.3) is 5.91 Å². The summed E-state index contributed by atoms with van der Waals surface area (Å²) in [5, 5.41) is 17.1. The molecule has 4 rings (SSSR count). The molecule has 0 bridgehead atoms. The first kappa shape index (κ1) is 20.0. The minimum absolute atomic E-state index is 0.150. The van der Waals surface area contributed by atoms with Crippen molar-refractivity contribution in [3.8, 4) is 11.3 Å². The summed E-state index contributed by atoms with van der Waals surface area (Å²) in [6.45, 7) is 0. The number of aromatic nitrogens is 2. The lowest BCUT2D eigenvalue weighted by atomic mass is 10.1. The fraction of sp³-hybridized carbons (Fsp3) is 0. The summed E-state index contributed by atoms with van der Waals surface area (Å²) in [7, 11) is 0. The Morgan fingerprint density at radius 1 is 0.871 bits per heavy atom. The largest absolute Gasteiger partial charge is 0.369 e. The first-order valence-corrected chi connectivity index (χ1v) is 10.2. The number of carbonyl (C=O) groups is 1. The number of nitrogens with zero attached hydrogens (tertiary/aromatic N) is 3. The molecule has 0 unspecified atom stereocenters. The lowest BCUT2D eigenvalue weighted by molar-refractivity contribution is 0.100. The van der Waals surface area contributed by atoms with Crippen molar-refractivity contribution < 1.29 is 4.79 Å². The van der Waals surface area contributed by atoms with Gasteiger partial charge < -0.3 is 22.1 Å². The summed E-state index contributed by atoms with van der Waals surface area (Å²) in [5.41, 5.74) is 15.1. The van der Waals surface area contributed by atoms with Gasteiger partial charge in [0.1, 0.15) is 5.00 Å². The van der Waals surface area contributed by atoms with Gasteiger partial charge in [-0.2, -0.15) is 4.99 Å². The number of anilines is 3. The molecule has 0 atom stereocenters. The maximum Gasteiger partial charge on any atom is 0.251 e. The van der Waals surface area contributed by atoms with E-state index in [1.807, 2.05) is 60.7 Å². The quantitative estimate of drug-likeness (QED) is 0.269. The lowest BCUT2D eigenvalue weighted by Gasteiger charge is -2.13. The summed E-state index contributed by atoms with van der Waals surface area (Å²) >= 11 is 1.38. The Labute approximate surface area is 182 Å². The maximum atomic E-state index is 11.6. The minimum Gasteiger partial charge on any atom is -0.369 e. The van der Waals surface area contributed by atoms with E-state index in [2.05, 4.69) is 25.8 Å². The maximum absolute atomic E-state index is 11.6. The topological polar surface area (TPSA) is 131 Å². The summed E-state index contributed by atoms with van der Waals surface area (Å²) < 4.78 is 0. The third-order valence-corrected chi connectivity index (χ3v) is 5.15. The van der Waals surface area contributed by atoms with Crippen molar-refractivity contribution in [2.24, 2.45) is 16.5 Å². The molecule has 1 amide bonds. The number of rotatable bonds is 6. The van der Waals surface area contributed by atoms with Crippen LogP contribution in [0.25, 0.3) is 11.3 Å². The number of nitrogens with one attached hydrogen (secondary N) is 2. The van der Waals surface area contributed by atoms with Gasteiger partial charge in [-0.05, 0) is 35.7 Å². The first-order valence-electron chi connectivity index (χ1n) is 9.34. The highest BCUT2D eigenvalue weighted by atomic mass is 32.1. The molecule has 154 valence electrons.